The summed E-state index contributed by atoms with van der Waals surface area (Å²) in [5.74, 6) is 1.47. The highest BCUT2D eigenvalue weighted by Crippen LogP contribution is 2.26. The van der Waals surface area contributed by atoms with E-state index in [9.17, 15) is 4.79 Å². The summed E-state index contributed by atoms with van der Waals surface area (Å²) in [6, 6.07) is 9.35. The van der Waals surface area contributed by atoms with Crippen molar-refractivity contribution in [2.24, 2.45) is 0 Å². The number of methoxy groups -OCH3 is 1. The Labute approximate surface area is 179 Å². The standard InChI is InChI=1S/C22H25N3O4S/c1-14-11-19(15(2)25(14)12-18-5-4-10-28-18)20(26)13-30-22-24-23-21(29-22)16-6-8-17(27-3)9-7-16/h6-9,11,18H,4-5,10,12-13H2,1-3H3/t18-/m0/s1. The number of carbonyl (C=O) groups excluding carboxylic acids is 1. The number of hydrogen-bond donors (Lipinski definition) is 0. The Balaban J connectivity index is 1.39. The van der Waals surface area contributed by atoms with Crippen LogP contribution in [0.2, 0.25) is 0 Å². The first-order chi connectivity index (χ1) is 14.5. The molecule has 1 saturated heterocycles. The van der Waals surface area contributed by atoms with Crippen molar-refractivity contribution in [2.45, 2.75) is 44.6 Å². The number of ketones is 1. The number of thioether (sulfide) groups is 1. The molecular formula is C22H25N3O4S. The lowest BCUT2D eigenvalue weighted by Crippen LogP contribution is -2.17. The third-order valence-electron chi connectivity index (χ3n) is 5.35. The molecule has 2 aromatic heterocycles. The Bertz CT molecular complexity index is 1020. The first kappa shape index (κ1) is 20.7. The van der Waals surface area contributed by atoms with Crippen molar-refractivity contribution in [3.63, 3.8) is 0 Å². The Hall–Kier alpha value is -2.58. The van der Waals surface area contributed by atoms with Crippen LogP contribution in [0.4, 0.5) is 0 Å². The summed E-state index contributed by atoms with van der Waals surface area (Å²) in [6.45, 7) is 5.65. The Morgan fingerprint density at radius 2 is 2.07 bits per heavy atom. The van der Waals surface area contributed by atoms with Crippen LogP contribution < -0.4 is 4.74 Å². The fourth-order valence-corrected chi connectivity index (χ4v) is 4.33. The second-order valence-electron chi connectivity index (χ2n) is 7.34. The predicted molar refractivity (Wildman–Crippen MR) is 114 cm³/mol. The van der Waals surface area contributed by atoms with Crippen LogP contribution in [0.25, 0.3) is 11.5 Å². The molecule has 0 radical (unpaired) electrons. The molecule has 0 saturated carbocycles. The summed E-state index contributed by atoms with van der Waals surface area (Å²) in [5.41, 5.74) is 3.61. The van der Waals surface area contributed by atoms with Gasteiger partial charge in [0, 0.05) is 35.7 Å². The van der Waals surface area contributed by atoms with Gasteiger partial charge >= 0.3 is 0 Å². The van der Waals surface area contributed by atoms with Gasteiger partial charge in [0.05, 0.1) is 19.0 Å². The molecule has 0 aliphatic carbocycles. The molecule has 7 nitrogen and oxygen atoms in total. The predicted octanol–water partition coefficient (Wildman–Crippen LogP) is 4.32. The molecular weight excluding hydrogens is 402 g/mol. The minimum atomic E-state index is 0.0517. The number of Topliss-reactive ketones (excluding diaryl/α,β-unsaturated/α-hetero) is 1. The molecule has 0 N–H and O–H groups in total. The molecule has 1 aliphatic rings. The van der Waals surface area contributed by atoms with Crippen molar-refractivity contribution >= 4 is 17.5 Å². The van der Waals surface area contributed by atoms with Gasteiger partial charge in [0.15, 0.2) is 5.78 Å². The van der Waals surface area contributed by atoms with E-state index in [0.717, 1.165) is 54.3 Å². The van der Waals surface area contributed by atoms with Gasteiger partial charge in [0.25, 0.3) is 5.22 Å². The van der Waals surface area contributed by atoms with Gasteiger partial charge in [-0.05, 0) is 57.0 Å². The van der Waals surface area contributed by atoms with Gasteiger partial charge in [-0.1, -0.05) is 11.8 Å². The fraction of sp³-hybridized carbons (Fsp3) is 0.409. The Kier molecular flexibility index (Phi) is 6.24. The van der Waals surface area contributed by atoms with Crippen molar-refractivity contribution in [3.8, 4) is 17.2 Å². The minimum absolute atomic E-state index is 0.0517. The molecule has 30 heavy (non-hydrogen) atoms. The molecule has 3 aromatic rings. The first-order valence-electron chi connectivity index (χ1n) is 9.97. The normalized spacial score (nSPS) is 16.2. The number of benzene rings is 1. The maximum atomic E-state index is 12.8. The van der Waals surface area contributed by atoms with Gasteiger partial charge in [-0.25, -0.2) is 0 Å². The van der Waals surface area contributed by atoms with Crippen LogP contribution in [0.3, 0.4) is 0 Å². The number of carbonyl (C=O) groups is 1. The lowest BCUT2D eigenvalue weighted by Gasteiger charge is -2.14. The molecule has 158 valence electrons. The third-order valence-corrected chi connectivity index (χ3v) is 6.17. The quantitative estimate of drug-likeness (QED) is 0.391. The maximum absolute atomic E-state index is 12.8. The van der Waals surface area contributed by atoms with Gasteiger partial charge in [0.1, 0.15) is 5.75 Å². The van der Waals surface area contributed by atoms with E-state index in [4.69, 9.17) is 13.9 Å². The molecule has 0 amide bonds. The van der Waals surface area contributed by atoms with Gasteiger partial charge < -0.3 is 18.5 Å². The van der Waals surface area contributed by atoms with Crippen LogP contribution in [0.15, 0.2) is 40.0 Å². The highest BCUT2D eigenvalue weighted by Gasteiger charge is 2.21. The highest BCUT2D eigenvalue weighted by molar-refractivity contribution is 7.99. The van der Waals surface area contributed by atoms with E-state index >= 15 is 0 Å². The molecule has 1 fully saturated rings. The van der Waals surface area contributed by atoms with E-state index in [0.29, 0.717) is 11.1 Å². The zero-order chi connectivity index (χ0) is 21.1. The van der Waals surface area contributed by atoms with Crippen LogP contribution in [0, 0.1) is 13.8 Å². The molecule has 0 bridgehead atoms. The summed E-state index contributed by atoms with van der Waals surface area (Å²) >= 11 is 1.25. The number of hydrogen-bond acceptors (Lipinski definition) is 7. The van der Waals surface area contributed by atoms with Crippen LogP contribution in [0.5, 0.6) is 5.75 Å². The topological polar surface area (TPSA) is 79.4 Å². The van der Waals surface area contributed by atoms with Crippen LogP contribution in [0.1, 0.15) is 34.6 Å². The lowest BCUT2D eigenvalue weighted by atomic mass is 10.2. The van der Waals surface area contributed by atoms with Gasteiger partial charge in [-0.2, -0.15) is 0 Å². The largest absolute Gasteiger partial charge is 0.497 e. The summed E-state index contributed by atoms with van der Waals surface area (Å²) in [6.07, 6.45) is 2.42. The number of aryl methyl sites for hydroxylation is 1. The SMILES string of the molecule is COc1ccc(-c2nnc(SCC(=O)c3cc(C)n(C[C@@H]4CCCO4)c3C)o2)cc1. The lowest BCUT2D eigenvalue weighted by molar-refractivity contribution is 0.0957. The van der Waals surface area contributed by atoms with E-state index in [1.54, 1.807) is 7.11 Å². The fourth-order valence-electron chi connectivity index (χ4n) is 3.68. The summed E-state index contributed by atoms with van der Waals surface area (Å²) in [7, 11) is 1.62. The number of nitrogens with zero attached hydrogens (tertiary/aromatic N) is 3. The Morgan fingerprint density at radius 1 is 1.27 bits per heavy atom. The molecule has 0 unspecified atom stereocenters. The van der Waals surface area contributed by atoms with Gasteiger partial charge in [0.2, 0.25) is 5.89 Å². The van der Waals surface area contributed by atoms with Crippen LogP contribution >= 0.6 is 11.8 Å². The highest BCUT2D eigenvalue weighted by atomic mass is 32.2. The molecule has 3 heterocycles. The number of rotatable bonds is 8. The van der Waals surface area contributed by atoms with E-state index in [2.05, 4.69) is 14.8 Å². The average Bonchev–Trinajstić information content (AvgIpc) is 3.50. The minimum Gasteiger partial charge on any atom is -0.497 e. The number of aromatic nitrogens is 3. The molecule has 0 spiro atoms. The summed E-state index contributed by atoms with van der Waals surface area (Å²) < 4.78 is 18.8. The molecule has 1 atom stereocenters. The van der Waals surface area contributed by atoms with Gasteiger partial charge in [-0.15, -0.1) is 10.2 Å². The van der Waals surface area contributed by atoms with Crippen molar-refractivity contribution in [1.82, 2.24) is 14.8 Å². The van der Waals surface area contributed by atoms with E-state index in [1.807, 2.05) is 44.2 Å². The molecule has 8 heteroatoms. The summed E-state index contributed by atoms with van der Waals surface area (Å²) in [5, 5.41) is 8.51. The Morgan fingerprint density at radius 3 is 2.77 bits per heavy atom. The second kappa shape index (κ2) is 9.06. The third kappa shape index (κ3) is 4.44. The van der Waals surface area contributed by atoms with Crippen LogP contribution in [-0.2, 0) is 11.3 Å². The van der Waals surface area contributed by atoms with E-state index in [-0.39, 0.29) is 17.6 Å². The number of ether oxygens (including phenoxy) is 2. The molecule has 1 aliphatic heterocycles. The van der Waals surface area contributed by atoms with Crippen molar-refractivity contribution < 1.29 is 18.7 Å². The smallest absolute Gasteiger partial charge is 0.277 e. The first-order valence-corrected chi connectivity index (χ1v) is 11.0. The van der Waals surface area contributed by atoms with Crippen molar-refractivity contribution in [2.75, 3.05) is 19.5 Å². The summed E-state index contributed by atoms with van der Waals surface area (Å²) in [4.78, 5) is 12.8. The zero-order valence-corrected chi connectivity index (χ0v) is 18.2. The van der Waals surface area contributed by atoms with Gasteiger partial charge in [-0.3, -0.25) is 4.79 Å². The zero-order valence-electron chi connectivity index (χ0n) is 17.4. The molecule has 1 aromatic carbocycles. The van der Waals surface area contributed by atoms with E-state index in [1.165, 1.54) is 11.8 Å². The van der Waals surface area contributed by atoms with Crippen LogP contribution in [-0.4, -0.2) is 46.1 Å². The maximum Gasteiger partial charge on any atom is 0.277 e. The van der Waals surface area contributed by atoms with E-state index < -0.39 is 0 Å². The van der Waals surface area contributed by atoms with Crippen molar-refractivity contribution in [1.29, 1.82) is 0 Å². The molecule has 4 rings (SSSR count). The second-order valence-corrected chi connectivity index (χ2v) is 8.27. The average molecular weight is 428 g/mol. The van der Waals surface area contributed by atoms with Crippen molar-refractivity contribution in [3.05, 3.63) is 47.3 Å². The monoisotopic (exact) mass is 427 g/mol.